The first-order valence-electron chi connectivity index (χ1n) is 9.10. The van der Waals surface area contributed by atoms with Gasteiger partial charge >= 0.3 is 0 Å². The van der Waals surface area contributed by atoms with E-state index in [1.54, 1.807) is 6.07 Å². The summed E-state index contributed by atoms with van der Waals surface area (Å²) >= 11 is 0. The van der Waals surface area contributed by atoms with Gasteiger partial charge in [0.2, 0.25) is 5.95 Å². The monoisotopic (exact) mass is 371 g/mol. The van der Waals surface area contributed by atoms with E-state index in [-0.39, 0.29) is 0 Å². The third-order valence-corrected chi connectivity index (χ3v) is 4.26. The van der Waals surface area contributed by atoms with E-state index in [0.29, 0.717) is 18.3 Å². The molecule has 0 aliphatic heterocycles. The molecule has 2 heterocycles. The predicted octanol–water partition coefficient (Wildman–Crippen LogP) is 5.10. The minimum Gasteiger partial charge on any atom is -0.366 e. The Kier molecular flexibility index (Phi) is 5.01. The normalized spacial score (nSPS) is 10.6. The predicted molar refractivity (Wildman–Crippen MR) is 110 cm³/mol. The van der Waals surface area contributed by atoms with Crippen molar-refractivity contribution in [3.8, 4) is 11.3 Å². The lowest BCUT2D eigenvalue weighted by Crippen LogP contribution is -2.05. The van der Waals surface area contributed by atoms with Gasteiger partial charge in [-0.3, -0.25) is 0 Å². The first-order valence-corrected chi connectivity index (χ1v) is 9.10. The van der Waals surface area contributed by atoms with Gasteiger partial charge in [0, 0.05) is 24.2 Å². The van der Waals surface area contributed by atoms with E-state index >= 15 is 0 Å². The first-order chi connectivity index (χ1) is 13.7. The molecule has 2 aromatic heterocycles. The van der Waals surface area contributed by atoms with Crippen LogP contribution in [-0.2, 0) is 6.54 Å². The standard InChI is InChI=1S/C22H21N5O/c1-15-8-10-17(11-9-15)14-23-20-13-19(18-6-4-3-5-7-18)24-22(25-20)26-21-12-16(2)28-27-21/h3-13H,14H2,1-2H3,(H2,23,24,25,26,27). The molecule has 0 aliphatic carbocycles. The number of nitrogens with zero attached hydrogens (tertiary/aromatic N) is 3. The van der Waals surface area contributed by atoms with Gasteiger partial charge in [0.15, 0.2) is 5.82 Å². The van der Waals surface area contributed by atoms with Gasteiger partial charge in [-0.15, -0.1) is 0 Å². The molecule has 0 saturated carbocycles. The van der Waals surface area contributed by atoms with Gasteiger partial charge in [0.05, 0.1) is 5.69 Å². The highest BCUT2D eigenvalue weighted by atomic mass is 16.5. The lowest BCUT2D eigenvalue weighted by atomic mass is 10.1. The number of rotatable bonds is 6. The number of nitrogens with one attached hydrogen (secondary N) is 2. The van der Waals surface area contributed by atoms with Gasteiger partial charge in [-0.05, 0) is 19.4 Å². The number of benzene rings is 2. The maximum absolute atomic E-state index is 5.11. The minimum absolute atomic E-state index is 0.459. The summed E-state index contributed by atoms with van der Waals surface area (Å²) in [6, 6.07) is 22.2. The van der Waals surface area contributed by atoms with E-state index < -0.39 is 0 Å². The fraction of sp³-hybridized carbons (Fsp3) is 0.136. The van der Waals surface area contributed by atoms with Crippen LogP contribution in [0.15, 0.2) is 71.3 Å². The number of aromatic nitrogens is 3. The van der Waals surface area contributed by atoms with Crippen LogP contribution >= 0.6 is 0 Å². The van der Waals surface area contributed by atoms with Crippen molar-refractivity contribution in [3.05, 3.63) is 83.6 Å². The Bertz CT molecular complexity index is 1060. The van der Waals surface area contributed by atoms with Crippen LogP contribution in [0.5, 0.6) is 0 Å². The van der Waals surface area contributed by atoms with Crippen LogP contribution in [-0.4, -0.2) is 15.1 Å². The van der Waals surface area contributed by atoms with Crippen LogP contribution in [0.1, 0.15) is 16.9 Å². The summed E-state index contributed by atoms with van der Waals surface area (Å²) in [7, 11) is 0. The average Bonchev–Trinajstić information content (AvgIpc) is 3.12. The van der Waals surface area contributed by atoms with Gasteiger partial charge in [-0.25, -0.2) is 4.98 Å². The Morgan fingerprint density at radius 2 is 1.64 bits per heavy atom. The molecule has 0 aliphatic rings. The van der Waals surface area contributed by atoms with Gasteiger partial charge in [0.1, 0.15) is 11.6 Å². The summed E-state index contributed by atoms with van der Waals surface area (Å²) in [4.78, 5) is 9.21. The zero-order valence-corrected chi connectivity index (χ0v) is 15.8. The number of hydrogen-bond acceptors (Lipinski definition) is 6. The molecule has 0 unspecified atom stereocenters. The van der Waals surface area contributed by atoms with Crippen molar-refractivity contribution >= 4 is 17.6 Å². The van der Waals surface area contributed by atoms with Crippen LogP contribution in [0, 0.1) is 13.8 Å². The summed E-state index contributed by atoms with van der Waals surface area (Å²) in [6.07, 6.45) is 0. The molecule has 140 valence electrons. The van der Waals surface area contributed by atoms with Crippen molar-refractivity contribution in [3.63, 3.8) is 0 Å². The maximum atomic E-state index is 5.11. The van der Waals surface area contributed by atoms with Crippen molar-refractivity contribution in [1.82, 2.24) is 15.1 Å². The van der Waals surface area contributed by atoms with Crippen molar-refractivity contribution in [2.24, 2.45) is 0 Å². The summed E-state index contributed by atoms with van der Waals surface area (Å²) in [6.45, 7) is 4.60. The molecule has 0 atom stereocenters. The molecule has 2 aromatic carbocycles. The van der Waals surface area contributed by atoms with Crippen molar-refractivity contribution in [2.45, 2.75) is 20.4 Å². The van der Waals surface area contributed by atoms with Crippen LogP contribution in [0.2, 0.25) is 0 Å². The molecule has 2 N–H and O–H groups in total. The highest BCUT2D eigenvalue weighted by Crippen LogP contribution is 2.23. The summed E-state index contributed by atoms with van der Waals surface area (Å²) < 4.78 is 5.11. The Morgan fingerprint density at radius 1 is 0.857 bits per heavy atom. The van der Waals surface area contributed by atoms with E-state index in [1.165, 1.54) is 11.1 Å². The second-order valence-electron chi connectivity index (χ2n) is 6.62. The van der Waals surface area contributed by atoms with Gasteiger partial charge < -0.3 is 15.2 Å². The average molecular weight is 371 g/mol. The van der Waals surface area contributed by atoms with Crippen LogP contribution in [0.25, 0.3) is 11.3 Å². The molecule has 28 heavy (non-hydrogen) atoms. The smallest absolute Gasteiger partial charge is 0.231 e. The third kappa shape index (κ3) is 4.35. The molecule has 0 spiro atoms. The zero-order valence-electron chi connectivity index (χ0n) is 15.8. The van der Waals surface area contributed by atoms with E-state index in [9.17, 15) is 0 Å². The molecular weight excluding hydrogens is 350 g/mol. The van der Waals surface area contributed by atoms with E-state index in [4.69, 9.17) is 4.52 Å². The number of hydrogen-bond donors (Lipinski definition) is 2. The molecule has 4 rings (SSSR count). The van der Waals surface area contributed by atoms with E-state index in [1.807, 2.05) is 43.3 Å². The topological polar surface area (TPSA) is 75.9 Å². The quantitative estimate of drug-likeness (QED) is 0.491. The van der Waals surface area contributed by atoms with Crippen molar-refractivity contribution < 1.29 is 4.52 Å². The number of aryl methyl sites for hydroxylation is 2. The summed E-state index contributed by atoms with van der Waals surface area (Å²) in [5, 5.41) is 10.5. The summed E-state index contributed by atoms with van der Waals surface area (Å²) in [5.74, 6) is 2.49. The Morgan fingerprint density at radius 3 is 2.36 bits per heavy atom. The minimum atomic E-state index is 0.459. The molecule has 6 heteroatoms. The largest absolute Gasteiger partial charge is 0.366 e. The van der Waals surface area contributed by atoms with Gasteiger partial charge in [-0.2, -0.15) is 4.98 Å². The molecular formula is C22H21N5O. The van der Waals surface area contributed by atoms with Gasteiger partial charge in [-0.1, -0.05) is 65.3 Å². The number of anilines is 3. The zero-order chi connectivity index (χ0) is 19.3. The molecule has 6 nitrogen and oxygen atoms in total. The Labute approximate surface area is 163 Å². The van der Waals surface area contributed by atoms with Crippen molar-refractivity contribution in [2.75, 3.05) is 10.6 Å². The Balaban J connectivity index is 1.62. The molecule has 0 fully saturated rings. The molecule has 0 bridgehead atoms. The van der Waals surface area contributed by atoms with Crippen LogP contribution in [0.3, 0.4) is 0 Å². The van der Waals surface area contributed by atoms with E-state index in [0.717, 1.165) is 22.8 Å². The molecule has 0 amide bonds. The maximum Gasteiger partial charge on any atom is 0.231 e. The summed E-state index contributed by atoms with van der Waals surface area (Å²) in [5.41, 5.74) is 4.27. The fourth-order valence-electron chi connectivity index (χ4n) is 2.79. The highest BCUT2D eigenvalue weighted by molar-refractivity contribution is 5.65. The second kappa shape index (κ2) is 7.92. The Hall–Kier alpha value is -3.67. The molecule has 4 aromatic rings. The molecule has 0 saturated heterocycles. The second-order valence-corrected chi connectivity index (χ2v) is 6.62. The third-order valence-electron chi connectivity index (χ3n) is 4.26. The van der Waals surface area contributed by atoms with Gasteiger partial charge in [0.25, 0.3) is 0 Å². The lowest BCUT2D eigenvalue weighted by Gasteiger charge is -2.11. The first kappa shape index (κ1) is 17.7. The van der Waals surface area contributed by atoms with E-state index in [2.05, 4.69) is 56.9 Å². The highest BCUT2D eigenvalue weighted by Gasteiger charge is 2.09. The lowest BCUT2D eigenvalue weighted by molar-refractivity contribution is 0.400. The SMILES string of the molecule is Cc1ccc(CNc2cc(-c3ccccc3)nc(Nc3cc(C)on3)n2)cc1. The van der Waals surface area contributed by atoms with Crippen molar-refractivity contribution in [1.29, 1.82) is 0 Å². The van der Waals surface area contributed by atoms with Crippen LogP contribution in [0.4, 0.5) is 17.6 Å². The molecule has 0 radical (unpaired) electrons. The van der Waals surface area contributed by atoms with Crippen LogP contribution < -0.4 is 10.6 Å². The fourth-order valence-corrected chi connectivity index (χ4v) is 2.79.